The molecule has 0 aliphatic heterocycles. The Bertz CT molecular complexity index is 220. The number of rotatable bonds is 3. The van der Waals surface area contributed by atoms with Crippen molar-refractivity contribution in [2.75, 3.05) is 20.6 Å². The third-order valence-corrected chi connectivity index (χ3v) is 1.34. The van der Waals surface area contributed by atoms with Crippen molar-refractivity contribution >= 4 is 0 Å². The van der Waals surface area contributed by atoms with Gasteiger partial charge in [-0.3, -0.25) is 0 Å². The van der Waals surface area contributed by atoms with Crippen LogP contribution >= 0.6 is 0 Å². The molecule has 0 atom stereocenters. The van der Waals surface area contributed by atoms with Crippen LogP contribution in [0.4, 0.5) is 0 Å². The molecule has 0 aliphatic rings. The highest BCUT2D eigenvalue weighted by Crippen LogP contribution is 1.98. The van der Waals surface area contributed by atoms with Crippen LogP contribution in [0.15, 0.2) is 4.42 Å². The van der Waals surface area contributed by atoms with Crippen molar-refractivity contribution in [3.05, 3.63) is 11.8 Å². The van der Waals surface area contributed by atoms with Crippen molar-refractivity contribution in [1.82, 2.24) is 15.1 Å². The summed E-state index contributed by atoms with van der Waals surface area (Å²) in [6.07, 6.45) is 0.827. The fourth-order valence-corrected chi connectivity index (χ4v) is 0.758. The van der Waals surface area contributed by atoms with Gasteiger partial charge in [-0.25, -0.2) is 0 Å². The third-order valence-electron chi connectivity index (χ3n) is 1.34. The minimum atomic E-state index is 0.638. The van der Waals surface area contributed by atoms with Gasteiger partial charge in [0.05, 0.1) is 0 Å². The van der Waals surface area contributed by atoms with Gasteiger partial charge in [-0.1, -0.05) is 13.8 Å². The molecule has 13 heavy (non-hydrogen) atoms. The molecule has 0 amide bonds. The Hall–Kier alpha value is -0.900. The first-order valence-corrected chi connectivity index (χ1v) is 4.62. The smallest absolute Gasteiger partial charge is 0.217 e. The molecule has 4 heteroatoms. The summed E-state index contributed by atoms with van der Waals surface area (Å²) in [5.74, 6) is 1.36. The van der Waals surface area contributed by atoms with Gasteiger partial charge < -0.3 is 9.32 Å². The van der Waals surface area contributed by atoms with Gasteiger partial charge in [0, 0.05) is 19.9 Å². The average molecular weight is 185 g/mol. The molecule has 0 saturated carbocycles. The van der Waals surface area contributed by atoms with E-state index in [1.807, 2.05) is 27.9 Å². The average Bonchev–Trinajstić information content (AvgIpc) is 2.52. The van der Waals surface area contributed by atoms with E-state index in [1.54, 1.807) is 6.92 Å². The molecule has 0 spiro atoms. The second-order valence-electron chi connectivity index (χ2n) is 2.77. The van der Waals surface area contributed by atoms with E-state index < -0.39 is 0 Å². The maximum absolute atomic E-state index is 5.18. The summed E-state index contributed by atoms with van der Waals surface area (Å²) in [7, 11) is 4.03. The highest BCUT2D eigenvalue weighted by atomic mass is 16.4. The number of nitrogens with zero attached hydrogens (tertiary/aromatic N) is 3. The maximum atomic E-state index is 5.18. The quantitative estimate of drug-likeness (QED) is 0.715. The van der Waals surface area contributed by atoms with E-state index in [1.165, 1.54) is 0 Å². The molecule has 1 aromatic rings. The van der Waals surface area contributed by atoms with Gasteiger partial charge in [0.25, 0.3) is 0 Å². The molecule has 0 unspecified atom stereocenters. The van der Waals surface area contributed by atoms with Crippen LogP contribution in [-0.2, 0) is 6.42 Å². The van der Waals surface area contributed by atoms with Crippen LogP contribution in [-0.4, -0.2) is 35.7 Å². The zero-order valence-corrected chi connectivity index (χ0v) is 9.16. The Morgan fingerprint density at radius 1 is 1.23 bits per heavy atom. The first-order chi connectivity index (χ1) is 6.18. The van der Waals surface area contributed by atoms with Crippen LogP contribution in [0, 0.1) is 6.92 Å². The number of likely N-dealkylation sites (N-methyl/N-ethyl adjacent to an activating group) is 1. The topological polar surface area (TPSA) is 42.2 Å². The summed E-state index contributed by atoms with van der Waals surface area (Å²) >= 11 is 0. The van der Waals surface area contributed by atoms with E-state index in [-0.39, 0.29) is 0 Å². The molecule has 0 N–H and O–H groups in total. The monoisotopic (exact) mass is 185 g/mol. The van der Waals surface area contributed by atoms with E-state index in [2.05, 4.69) is 15.1 Å². The molecule has 1 aromatic heterocycles. The lowest BCUT2D eigenvalue weighted by atomic mass is 10.4. The number of aromatic nitrogens is 2. The van der Waals surface area contributed by atoms with Gasteiger partial charge in [0.1, 0.15) is 0 Å². The summed E-state index contributed by atoms with van der Waals surface area (Å²) < 4.78 is 5.18. The van der Waals surface area contributed by atoms with Crippen molar-refractivity contribution in [3.8, 4) is 0 Å². The Balaban J connectivity index is 0.000000671. The lowest BCUT2D eigenvalue weighted by molar-refractivity contribution is 0.380. The number of aryl methyl sites for hydroxylation is 1. The van der Waals surface area contributed by atoms with Crippen molar-refractivity contribution in [3.63, 3.8) is 0 Å². The molecule has 4 nitrogen and oxygen atoms in total. The zero-order valence-electron chi connectivity index (χ0n) is 9.16. The number of hydrogen-bond donors (Lipinski definition) is 0. The lowest BCUT2D eigenvalue weighted by Crippen LogP contribution is -2.15. The van der Waals surface area contributed by atoms with Crippen molar-refractivity contribution < 1.29 is 4.42 Å². The van der Waals surface area contributed by atoms with Gasteiger partial charge in [0.2, 0.25) is 11.8 Å². The predicted octanol–water partition coefficient (Wildman–Crippen LogP) is 1.51. The summed E-state index contributed by atoms with van der Waals surface area (Å²) in [4.78, 5) is 2.08. The molecular weight excluding hydrogens is 166 g/mol. The van der Waals surface area contributed by atoms with Crippen LogP contribution in [0.3, 0.4) is 0 Å². The molecular formula is C9H19N3O. The second-order valence-corrected chi connectivity index (χ2v) is 2.77. The summed E-state index contributed by atoms with van der Waals surface area (Å²) in [6, 6.07) is 0. The van der Waals surface area contributed by atoms with Gasteiger partial charge in [-0.2, -0.15) is 0 Å². The molecule has 1 rings (SSSR count). The highest BCUT2D eigenvalue weighted by molar-refractivity contribution is 4.79. The first-order valence-electron chi connectivity index (χ1n) is 4.62. The Kier molecular flexibility index (Phi) is 6.14. The normalized spacial score (nSPS) is 9.69. The first kappa shape index (κ1) is 12.1. The fourth-order valence-electron chi connectivity index (χ4n) is 0.758. The highest BCUT2D eigenvalue weighted by Gasteiger charge is 2.01. The predicted molar refractivity (Wildman–Crippen MR) is 52.6 cm³/mol. The van der Waals surface area contributed by atoms with Gasteiger partial charge in [0.15, 0.2) is 0 Å². The van der Waals surface area contributed by atoms with Crippen LogP contribution in [0.5, 0.6) is 0 Å². The number of hydrogen-bond acceptors (Lipinski definition) is 4. The molecule has 0 fully saturated rings. The van der Waals surface area contributed by atoms with Crippen LogP contribution < -0.4 is 0 Å². The van der Waals surface area contributed by atoms with E-state index in [4.69, 9.17) is 4.42 Å². The Labute approximate surface area is 80.0 Å². The second kappa shape index (κ2) is 6.60. The molecule has 1 heterocycles. The Morgan fingerprint density at radius 2 is 1.85 bits per heavy atom. The molecule has 0 bridgehead atoms. The zero-order chi connectivity index (χ0) is 10.3. The van der Waals surface area contributed by atoms with E-state index in [9.17, 15) is 0 Å². The Morgan fingerprint density at radius 3 is 2.23 bits per heavy atom. The van der Waals surface area contributed by atoms with E-state index >= 15 is 0 Å². The third kappa shape index (κ3) is 5.36. The summed E-state index contributed by atoms with van der Waals surface area (Å²) in [5.41, 5.74) is 0. The van der Waals surface area contributed by atoms with Gasteiger partial charge in [-0.05, 0) is 14.1 Å². The van der Waals surface area contributed by atoms with Crippen LogP contribution in [0.2, 0.25) is 0 Å². The molecule has 0 radical (unpaired) electrons. The van der Waals surface area contributed by atoms with E-state index in [0.717, 1.165) is 18.9 Å². The van der Waals surface area contributed by atoms with Crippen molar-refractivity contribution in [1.29, 1.82) is 0 Å². The molecule has 0 aromatic carbocycles. The van der Waals surface area contributed by atoms with Crippen molar-refractivity contribution in [2.24, 2.45) is 0 Å². The van der Waals surface area contributed by atoms with Crippen molar-refractivity contribution in [2.45, 2.75) is 27.2 Å². The largest absolute Gasteiger partial charge is 0.426 e. The fraction of sp³-hybridized carbons (Fsp3) is 0.778. The van der Waals surface area contributed by atoms with Gasteiger partial charge >= 0.3 is 0 Å². The lowest BCUT2D eigenvalue weighted by Gasteiger charge is -2.05. The standard InChI is InChI=1S/C7H13N3O.C2H6/c1-6-8-9-7(11-6)4-5-10(2)3;1-2/h4-5H2,1-3H3;1-2H3. The maximum Gasteiger partial charge on any atom is 0.217 e. The SMILES string of the molecule is CC.Cc1nnc(CCN(C)C)o1. The minimum Gasteiger partial charge on any atom is -0.426 e. The molecule has 76 valence electrons. The van der Waals surface area contributed by atoms with Gasteiger partial charge in [-0.15, -0.1) is 10.2 Å². The molecule has 0 aliphatic carbocycles. The molecule has 0 saturated heterocycles. The summed E-state index contributed by atoms with van der Waals surface area (Å²) in [6.45, 7) is 6.74. The van der Waals surface area contributed by atoms with Crippen LogP contribution in [0.25, 0.3) is 0 Å². The summed E-state index contributed by atoms with van der Waals surface area (Å²) in [5, 5.41) is 7.60. The van der Waals surface area contributed by atoms with E-state index in [0.29, 0.717) is 5.89 Å². The minimum absolute atomic E-state index is 0.638. The van der Waals surface area contributed by atoms with Crippen LogP contribution in [0.1, 0.15) is 25.6 Å².